The number of Topliss-reactive ketones (excluding diaryl/α,β-unsaturated/α-hetero) is 1. The van der Waals surface area contributed by atoms with Crippen LogP contribution in [0, 0.1) is 34.0 Å². The van der Waals surface area contributed by atoms with Gasteiger partial charge in [-0.1, -0.05) is 34.6 Å². The van der Waals surface area contributed by atoms with Crippen molar-refractivity contribution in [2.75, 3.05) is 6.61 Å². The van der Waals surface area contributed by atoms with Crippen LogP contribution in [0.25, 0.3) is 0 Å². The maximum absolute atomic E-state index is 13.2. The van der Waals surface area contributed by atoms with Crippen LogP contribution < -0.4 is 0 Å². The predicted molar refractivity (Wildman–Crippen MR) is 110 cm³/mol. The van der Waals surface area contributed by atoms with Crippen molar-refractivity contribution in [2.45, 2.75) is 85.4 Å². The average molecular weight is 413 g/mol. The Labute approximate surface area is 171 Å². The van der Waals surface area contributed by atoms with Crippen LogP contribution in [0.3, 0.4) is 0 Å². The summed E-state index contributed by atoms with van der Waals surface area (Å²) in [7, 11) is 2.08. The number of carbonyl (C=O) groups is 2. The molecule has 0 saturated heterocycles. The molecular formula is C22H37O5P. The van der Waals surface area contributed by atoms with Crippen molar-refractivity contribution in [3.63, 3.8) is 0 Å². The summed E-state index contributed by atoms with van der Waals surface area (Å²) in [5, 5.41) is 11.5. The van der Waals surface area contributed by atoms with E-state index in [1.807, 2.05) is 0 Å². The second-order valence-electron chi connectivity index (χ2n) is 10.2. The Balaban J connectivity index is 2.16. The van der Waals surface area contributed by atoms with Gasteiger partial charge in [-0.25, -0.2) is 4.79 Å². The summed E-state index contributed by atoms with van der Waals surface area (Å²) in [6.45, 7) is 10.6. The van der Waals surface area contributed by atoms with E-state index >= 15 is 0 Å². The van der Waals surface area contributed by atoms with E-state index in [4.69, 9.17) is 9.26 Å². The highest BCUT2D eigenvalue weighted by Gasteiger charge is 2.68. The van der Waals surface area contributed by atoms with E-state index in [9.17, 15) is 14.7 Å². The molecule has 2 unspecified atom stereocenters. The molecule has 0 aromatic rings. The molecule has 3 aliphatic carbocycles. The van der Waals surface area contributed by atoms with Gasteiger partial charge in [0.15, 0.2) is 0 Å². The Morgan fingerprint density at radius 1 is 1.29 bits per heavy atom. The number of carbonyl (C=O) groups excluding carboxylic acids is 2. The van der Waals surface area contributed by atoms with E-state index in [1.54, 1.807) is 0 Å². The first kappa shape index (κ1) is 22.2. The molecule has 9 atom stereocenters. The fourth-order valence-electron chi connectivity index (χ4n) is 6.97. The summed E-state index contributed by atoms with van der Waals surface area (Å²) in [5.74, 6) is 0.0383. The molecule has 3 rings (SSSR count). The number of aliphatic hydroxyl groups is 1. The normalized spacial score (nSPS) is 48.5. The molecule has 0 radical (unpaired) electrons. The summed E-state index contributed by atoms with van der Waals surface area (Å²) in [4.78, 5) is 25.7. The zero-order chi connectivity index (χ0) is 20.9. The minimum Gasteiger partial charge on any atom is -0.460 e. The second kappa shape index (κ2) is 7.63. The van der Waals surface area contributed by atoms with Gasteiger partial charge in [0.25, 0.3) is 0 Å². The van der Waals surface area contributed by atoms with Gasteiger partial charge in [0.05, 0.1) is 6.10 Å². The van der Waals surface area contributed by atoms with E-state index in [1.165, 1.54) is 0 Å². The van der Waals surface area contributed by atoms with Crippen LogP contribution in [0.4, 0.5) is 0 Å². The molecule has 2 bridgehead atoms. The molecule has 28 heavy (non-hydrogen) atoms. The van der Waals surface area contributed by atoms with Crippen LogP contribution in [-0.2, 0) is 18.8 Å². The van der Waals surface area contributed by atoms with Gasteiger partial charge in [-0.2, -0.15) is 0 Å². The highest BCUT2D eigenvalue weighted by molar-refractivity contribution is 7.09. The molecule has 3 saturated carbocycles. The maximum Gasteiger partial charge on any atom is 0.332 e. The third kappa shape index (κ3) is 3.08. The number of aliphatic hydroxyl groups excluding tert-OH is 1. The van der Waals surface area contributed by atoms with Gasteiger partial charge in [-0.3, -0.25) is 4.79 Å². The van der Waals surface area contributed by atoms with Crippen LogP contribution in [0.15, 0.2) is 0 Å². The zero-order valence-electron chi connectivity index (χ0n) is 18.0. The molecule has 0 aromatic heterocycles. The Morgan fingerprint density at radius 3 is 2.57 bits per heavy atom. The molecule has 160 valence electrons. The van der Waals surface area contributed by atoms with Crippen molar-refractivity contribution in [3.8, 4) is 0 Å². The van der Waals surface area contributed by atoms with E-state index < -0.39 is 23.6 Å². The van der Waals surface area contributed by atoms with Crippen LogP contribution in [0.5, 0.6) is 0 Å². The van der Waals surface area contributed by atoms with Gasteiger partial charge in [0.2, 0.25) is 0 Å². The van der Waals surface area contributed by atoms with E-state index in [0.29, 0.717) is 12.8 Å². The highest BCUT2D eigenvalue weighted by atomic mass is 31.0. The third-order valence-electron chi connectivity index (χ3n) is 9.18. The zero-order valence-corrected chi connectivity index (χ0v) is 19.1. The Bertz CT molecular complexity index is 638. The van der Waals surface area contributed by atoms with Crippen molar-refractivity contribution < 1.29 is 24.0 Å². The highest BCUT2D eigenvalue weighted by Crippen LogP contribution is 2.68. The molecule has 0 heterocycles. The monoisotopic (exact) mass is 412 g/mol. The van der Waals surface area contributed by atoms with Gasteiger partial charge in [-0.15, -0.1) is 0 Å². The number of hydrogen-bond donors (Lipinski definition) is 1. The molecule has 0 aliphatic heterocycles. The fourth-order valence-corrected chi connectivity index (χ4v) is 7.10. The molecule has 3 fully saturated rings. The minimum atomic E-state index is -0.525. The van der Waals surface area contributed by atoms with Crippen LogP contribution in [0.2, 0.25) is 0 Å². The molecule has 0 aromatic carbocycles. The lowest BCUT2D eigenvalue weighted by molar-refractivity contribution is -0.212. The number of ether oxygens (including phenoxy) is 1. The fraction of sp³-hybridized carbons (Fsp3) is 0.909. The molecular weight excluding hydrogens is 375 g/mol. The Hall–Kier alpha value is -0.510. The van der Waals surface area contributed by atoms with Gasteiger partial charge in [0, 0.05) is 27.2 Å². The lowest BCUT2D eigenvalue weighted by atomic mass is 9.43. The summed E-state index contributed by atoms with van der Waals surface area (Å²) in [5.41, 5.74) is -0.988. The third-order valence-corrected chi connectivity index (χ3v) is 9.35. The lowest BCUT2D eigenvalue weighted by Crippen LogP contribution is -2.63. The van der Waals surface area contributed by atoms with Crippen LogP contribution >= 0.6 is 9.47 Å². The topological polar surface area (TPSA) is 72.8 Å². The first-order valence-corrected chi connectivity index (χ1v) is 11.3. The van der Waals surface area contributed by atoms with Crippen molar-refractivity contribution in [2.24, 2.45) is 34.0 Å². The number of ketones is 1. The Morgan fingerprint density at radius 2 is 1.96 bits per heavy atom. The van der Waals surface area contributed by atoms with Crippen LogP contribution in [-0.4, -0.2) is 35.7 Å². The molecule has 3 aliphatic rings. The molecule has 0 spiro atoms. The van der Waals surface area contributed by atoms with Crippen molar-refractivity contribution >= 4 is 21.2 Å². The standard InChI is InChI=1S/C22H37O5P/c1-6-20(4)11-16(27-17(24)12-26-28)21(5)13(2)7-9-22(14(3)19(20)25)10-8-15(23)18(21)22/h13-14,16,18-19,25H,6-12,28H2,1-5H3/t13-,14+,16-,18?,19+,20-,21+,22+/m1/s1. The first-order valence-electron chi connectivity index (χ1n) is 10.8. The van der Waals surface area contributed by atoms with Gasteiger partial charge >= 0.3 is 5.97 Å². The predicted octanol–water partition coefficient (Wildman–Crippen LogP) is 3.92. The van der Waals surface area contributed by atoms with Crippen molar-refractivity contribution in [1.29, 1.82) is 0 Å². The quantitative estimate of drug-likeness (QED) is 0.560. The lowest BCUT2D eigenvalue weighted by Gasteiger charge is -2.62. The van der Waals surface area contributed by atoms with E-state index in [0.717, 1.165) is 25.7 Å². The van der Waals surface area contributed by atoms with Gasteiger partial charge in [0.1, 0.15) is 18.5 Å². The van der Waals surface area contributed by atoms with Crippen molar-refractivity contribution in [3.05, 3.63) is 0 Å². The minimum absolute atomic E-state index is 0.0488. The number of rotatable bonds is 4. The van der Waals surface area contributed by atoms with Crippen LogP contribution in [0.1, 0.15) is 73.1 Å². The Kier molecular flexibility index (Phi) is 6.05. The van der Waals surface area contributed by atoms with Gasteiger partial charge in [-0.05, 0) is 54.8 Å². The number of esters is 1. The van der Waals surface area contributed by atoms with Crippen molar-refractivity contribution in [1.82, 2.24) is 0 Å². The SMILES string of the molecule is CC[C@]1(C)C[C@@H](OC(=O)COP)[C@@]2(C)C3C(=O)CC[C@@]3(CC[C@H]2C)[C@@H](C)[C@@H]1O. The van der Waals surface area contributed by atoms with Gasteiger partial charge < -0.3 is 14.4 Å². The molecule has 1 N–H and O–H groups in total. The smallest absolute Gasteiger partial charge is 0.332 e. The molecule has 6 heteroatoms. The largest absolute Gasteiger partial charge is 0.460 e. The molecule has 0 amide bonds. The maximum atomic E-state index is 13.2. The average Bonchev–Trinajstić information content (AvgIpc) is 3.01. The summed E-state index contributed by atoms with van der Waals surface area (Å²) in [6, 6.07) is 0. The second-order valence-corrected chi connectivity index (χ2v) is 10.5. The summed E-state index contributed by atoms with van der Waals surface area (Å²) in [6.07, 6.45) is 3.80. The van der Waals surface area contributed by atoms with E-state index in [2.05, 4.69) is 44.1 Å². The summed E-state index contributed by atoms with van der Waals surface area (Å²) >= 11 is 0. The first-order chi connectivity index (χ1) is 13.1. The van der Waals surface area contributed by atoms with E-state index in [-0.39, 0.29) is 41.0 Å². The molecule has 5 nitrogen and oxygen atoms in total. The summed E-state index contributed by atoms with van der Waals surface area (Å²) < 4.78 is 10.9. The number of hydrogen-bond acceptors (Lipinski definition) is 5.